The molecular weight excluding hydrogens is 229 g/mol. The zero-order chi connectivity index (χ0) is 13.1. The summed E-state index contributed by atoms with van der Waals surface area (Å²) in [5, 5.41) is 3.20. The second-order valence-electron chi connectivity index (χ2n) is 4.15. The van der Waals surface area contributed by atoms with Crippen LogP contribution in [0.2, 0.25) is 0 Å². The third-order valence-electron chi connectivity index (χ3n) is 2.82. The van der Waals surface area contributed by atoms with Crippen LogP contribution in [0.25, 0.3) is 11.4 Å². The molecule has 0 fully saturated rings. The predicted octanol–water partition coefficient (Wildman–Crippen LogP) is 3.33. The van der Waals surface area contributed by atoms with Crippen molar-refractivity contribution < 1.29 is 4.39 Å². The van der Waals surface area contributed by atoms with Crippen LogP contribution < -0.4 is 5.32 Å². The van der Waals surface area contributed by atoms with Crippen LogP contribution in [0.15, 0.2) is 24.3 Å². The summed E-state index contributed by atoms with van der Waals surface area (Å²) in [6.07, 6.45) is 0. The van der Waals surface area contributed by atoms with Crippen LogP contribution in [0.5, 0.6) is 0 Å². The standard InChI is InChI=1S/C14H16FN3/c1-4-16-13-9(2)10(3)17-14(18-13)11-6-5-7-12(15)8-11/h5-8H,4H2,1-3H3,(H,16,17,18). The highest BCUT2D eigenvalue weighted by molar-refractivity contribution is 5.59. The summed E-state index contributed by atoms with van der Waals surface area (Å²) in [6.45, 7) is 6.71. The largest absolute Gasteiger partial charge is 0.370 e. The minimum atomic E-state index is -0.278. The van der Waals surface area contributed by atoms with Gasteiger partial charge in [0, 0.05) is 23.4 Å². The lowest BCUT2D eigenvalue weighted by molar-refractivity contribution is 0.628. The molecule has 1 heterocycles. The van der Waals surface area contributed by atoms with Crippen molar-refractivity contribution in [2.75, 3.05) is 11.9 Å². The fourth-order valence-corrected chi connectivity index (χ4v) is 1.73. The number of hydrogen-bond donors (Lipinski definition) is 1. The van der Waals surface area contributed by atoms with Gasteiger partial charge >= 0.3 is 0 Å². The Kier molecular flexibility index (Phi) is 3.55. The van der Waals surface area contributed by atoms with E-state index in [1.54, 1.807) is 6.07 Å². The first-order chi connectivity index (χ1) is 8.61. The van der Waals surface area contributed by atoms with E-state index in [1.165, 1.54) is 12.1 Å². The maximum Gasteiger partial charge on any atom is 0.161 e. The molecule has 0 aliphatic heterocycles. The molecule has 0 spiro atoms. The average molecular weight is 245 g/mol. The van der Waals surface area contributed by atoms with Crippen molar-refractivity contribution >= 4 is 5.82 Å². The maximum absolute atomic E-state index is 13.2. The van der Waals surface area contributed by atoms with E-state index in [4.69, 9.17) is 0 Å². The van der Waals surface area contributed by atoms with Crippen LogP contribution >= 0.6 is 0 Å². The SMILES string of the molecule is CCNc1nc(-c2cccc(F)c2)nc(C)c1C. The zero-order valence-corrected chi connectivity index (χ0v) is 10.8. The summed E-state index contributed by atoms with van der Waals surface area (Å²) < 4.78 is 13.2. The van der Waals surface area contributed by atoms with E-state index in [0.717, 1.165) is 23.6 Å². The topological polar surface area (TPSA) is 37.8 Å². The Balaban J connectivity index is 2.51. The lowest BCUT2D eigenvalue weighted by Crippen LogP contribution is -2.06. The van der Waals surface area contributed by atoms with Gasteiger partial charge in [0.2, 0.25) is 0 Å². The van der Waals surface area contributed by atoms with E-state index in [-0.39, 0.29) is 5.82 Å². The molecule has 0 unspecified atom stereocenters. The van der Waals surface area contributed by atoms with Crippen LogP contribution in [-0.4, -0.2) is 16.5 Å². The van der Waals surface area contributed by atoms with Crippen molar-refractivity contribution in [3.8, 4) is 11.4 Å². The van der Waals surface area contributed by atoms with Crippen molar-refractivity contribution in [1.29, 1.82) is 0 Å². The second kappa shape index (κ2) is 5.12. The van der Waals surface area contributed by atoms with E-state index < -0.39 is 0 Å². The van der Waals surface area contributed by atoms with Gasteiger partial charge in [0.25, 0.3) is 0 Å². The number of benzene rings is 1. The highest BCUT2D eigenvalue weighted by Gasteiger charge is 2.09. The lowest BCUT2D eigenvalue weighted by atomic mass is 10.2. The zero-order valence-electron chi connectivity index (χ0n) is 10.8. The molecule has 0 bridgehead atoms. The van der Waals surface area contributed by atoms with Gasteiger partial charge in [0.05, 0.1) is 0 Å². The molecule has 1 aromatic heterocycles. The molecule has 0 aliphatic rings. The highest BCUT2D eigenvalue weighted by atomic mass is 19.1. The van der Waals surface area contributed by atoms with Gasteiger partial charge < -0.3 is 5.32 Å². The van der Waals surface area contributed by atoms with Gasteiger partial charge in [-0.05, 0) is 32.9 Å². The van der Waals surface area contributed by atoms with Gasteiger partial charge in [-0.3, -0.25) is 0 Å². The first-order valence-electron chi connectivity index (χ1n) is 5.97. The number of aryl methyl sites for hydroxylation is 1. The normalized spacial score (nSPS) is 10.4. The number of aromatic nitrogens is 2. The van der Waals surface area contributed by atoms with Gasteiger partial charge in [0.15, 0.2) is 5.82 Å². The molecule has 0 amide bonds. The maximum atomic E-state index is 13.2. The molecule has 1 aromatic carbocycles. The van der Waals surface area contributed by atoms with Crippen LogP contribution in [0.3, 0.4) is 0 Å². The quantitative estimate of drug-likeness (QED) is 0.901. The van der Waals surface area contributed by atoms with Crippen molar-refractivity contribution in [2.24, 2.45) is 0 Å². The first-order valence-corrected chi connectivity index (χ1v) is 5.97. The third kappa shape index (κ3) is 2.47. The van der Waals surface area contributed by atoms with Crippen molar-refractivity contribution in [2.45, 2.75) is 20.8 Å². The Bertz CT molecular complexity index is 567. The van der Waals surface area contributed by atoms with Crippen molar-refractivity contribution in [3.63, 3.8) is 0 Å². The van der Waals surface area contributed by atoms with E-state index in [2.05, 4.69) is 15.3 Å². The van der Waals surface area contributed by atoms with Gasteiger partial charge in [-0.15, -0.1) is 0 Å². The predicted molar refractivity (Wildman–Crippen MR) is 71.1 cm³/mol. The molecule has 2 rings (SSSR count). The number of rotatable bonds is 3. The molecule has 0 radical (unpaired) electrons. The molecule has 94 valence electrons. The Hall–Kier alpha value is -1.97. The molecular formula is C14H16FN3. The number of nitrogens with zero attached hydrogens (tertiary/aromatic N) is 2. The Morgan fingerprint density at radius 3 is 2.67 bits per heavy atom. The summed E-state index contributed by atoms with van der Waals surface area (Å²) in [7, 11) is 0. The Morgan fingerprint density at radius 1 is 1.22 bits per heavy atom. The van der Waals surface area contributed by atoms with Crippen LogP contribution in [-0.2, 0) is 0 Å². The van der Waals surface area contributed by atoms with Crippen molar-refractivity contribution in [3.05, 3.63) is 41.3 Å². The average Bonchev–Trinajstić information content (AvgIpc) is 2.35. The molecule has 3 nitrogen and oxygen atoms in total. The van der Waals surface area contributed by atoms with Crippen molar-refractivity contribution in [1.82, 2.24) is 9.97 Å². The minimum Gasteiger partial charge on any atom is -0.370 e. The van der Waals surface area contributed by atoms with Crippen LogP contribution in [0, 0.1) is 19.7 Å². The van der Waals surface area contributed by atoms with E-state index >= 15 is 0 Å². The molecule has 0 saturated carbocycles. The van der Waals surface area contributed by atoms with E-state index in [1.807, 2.05) is 26.8 Å². The Labute approximate surface area is 106 Å². The summed E-state index contributed by atoms with van der Waals surface area (Å²) in [6, 6.07) is 6.33. The fraction of sp³-hybridized carbons (Fsp3) is 0.286. The summed E-state index contributed by atoms with van der Waals surface area (Å²) >= 11 is 0. The molecule has 0 aliphatic carbocycles. The number of halogens is 1. The lowest BCUT2D eigenvalue weighted by Gasteiger charge is -2.11. The van der Waals surface area contributed by atoms with Gasteiger partial charge in [-0.2, -0.15) is 0 Å². The second-order valence-corrected chi connectivity index (χ2v) is 4.15. The molecule has 4 heteroatoms. The fourth-order valence-electron chi connectivity index (χ4n) is 1.73. The minimum absolute atomic E-state index is 0.278. The van der Waals surface area contributed by atoms with Gasteiger partial charge in [-0.1, -0.05) is 12.1 Å². The third-order valence-corrected chi connectivity index (χ3v) is 2.82. The van der Waals surface area contributed by atoms with Gasteiger partial charge in [0.1, 0.15) is 11.6 Å². The number of nitrogens with one attached hydrogen (secondary N) is 1. The van der Waals surface area contributed by atoms with E-state index in [9.17, 15) is 4.39 Å². The molecule has 2 aromatic rings. The molecule has 0 atom stereocenters. The van der Waals surface area contributed by atoms with E-state index in [0.29, 0.717) is 11.4 Å². The number of hydrogen-bond acceptors (Lipinski definition) is 3. The smallest absolute Gasteiger partial charge is 0.161 e. The van der Waals surface area contributed by atoms with Gasteiger partial charge in [-0.25, -0.2) is 14.4 Å². The highest BCUT2D eigenvalue weighted by Crippen LogP contribution is 2.21. The number of anilines is 1. The summed E-state index contributed by atoms with van der Waals surface area (Å²) in [5.41, 5.74) is 2.62. The monoisotopic (exact) mass is 245 g/mol. The molecule has 1 N–H and O–H groups in total. The van der Waals surface area contributed by atoms with Crippen LogP contribution in [0.1, 0.15) is 18.2 Å². The summed E-state index contributed by atoms with van der Waals surface area (Å²) in [4.78, 5) is 8.85. The Morgan fingerprint density at radius 2 is 2.00 bits per heavy atom. The van der Waals surface area contributed by atoms with Crippen LogP contribution in [0.4, 0.5) is 10.2 Å². The first kappa shape index (κ1) is 12.5. The summed E-state index contributed by atoms with van der Waals surface area (Å²) in [5.74, 6) is 1.08. The molecule has 0 saturated heterocycles. The molecule has 18 heavy (non-hydrogen) atoms.